The van der Waals surface area contributed by atoms with Crippen molar-refractivity contribution in [3.8, 4) is 17.1 Å². The summed E-state index contributed by atoms with van der Waals surface area (Å²) in [6, 6.07) is 1.61. The number of hydrogen-bond acceptors (Lipinski definition) is 8. The normalized spacial score (nSPS) is 19.2. The van der Waals surface area contributed by atoms with Crippen LogP contribution in [0.15, 0.2) is 27.9 Å². The summed E-state index contributed by atoms with van der Waals surface area (Å²) in [7, 11) is 0. The molecule has 11 heteroatoms. The molecule has 0 spiro atoms. The van der Waals surface area contributed by atoms with Gasteiger partial charge in [0.05, 0.1) is 41.9 Å². The Morgan fingerprint density at radius 3 is 2.93 bits per heavy atom. The van der Waals surface area contributed by atoms with E-state index < -0.39 is 17.8 Å². The SMILES string of the molecule is Cc1noc(C)c1-c1cc(O[C@H]2CN(c3cn[nH]c(=O)c3Cl)C[C@@H]2F)ncn1. The zero-order chi connectivity index (χ0) is 19.8. The summed E-state index contributed by atoms with van der Waals surface area (Å²) in [6.45, 7) is 3.80. The molecule has 3 aromatic rings. The highest BCUT2D eigenvalue weighted by Gasteiger charge is 2.36. The number of ether oxygens (including phenoxy) is 1. The predicted octanol–water partition coefficient (Wildman–Crippen LogP) is 2.09. The first kappa shape index (κ1) is 18.4. The summed E-state index contributed by atoms with van der Waals surface area (Å²) >= 11 is 6.01. The van der Waals surface area contributed by atoms with Gasteiger partial charge in [0.15, 0.2) is 12.3 Å². The van der Waals surface area contributed by atoms with E-state index in [1.54, 1.807) is 24.8 Å². The van der Waals surface area contributed by atoms with Gasteiger partial charge in [0.2, 0.25) is 5.88 Å². The second kappa shape index (κ2) is 7.19. The van der Waals surface area contributed by atoms with Gasteiger partial charge in [-0.25, -0.2) is 19.5 Å². The molecule has 0 aliphatic carbocycles. The molecule has 3 aromatic heterocycles. The molecule has 0 saturated carbocycles. The number of nitrogens with zero attached hydrogens (tertiary/aromatic N) is 5. The molecule has 0 unspecified atom stereocenters. The number of anilines is 1. The maximum Gasteiger partial charge on any atom is 0.285 e. The van der Waals surface area contributed by atoms with Crippen LogP contribution in [0.25, 0.3) is 11.3 Å². The maximum absolute atomic E-state index is 14.6. The van der Waals surface area contributed by atoms with E-state index in [1.165, 1.54) is 12.5 Å². The lowest BCUT2D eigenvalue weighted by Gasteiger charge is -2.18. The minimum absolute atomic E-state index is 0.0251. The highest BCUT2D eigenvalue weighted by atomic mass is 35.5. The number of H-pyrrole nitrogens is 1. The predicted molar refractivity (Wildman–Crippen MR) is 98.4 cm³/mol. The fourth-order valence-corrected chi connectivity index (χ4v) is 3.39. The number of nitrogens with one attached hydrogen (secondary N) is 1. The van der Waals surface area contributed by atoms with Crippen molar-refractivity contribution in [1.82, 2.24) is 25.3 Å². The van der Waals surface area contributed by atoms with Crippen molar-refractivity contribution in [2.75, 3.05) is 18.0 Å². The molecular weight excluding hydrogens is 391 g/mol. The third-order valence-corrected chi connectivity index (χ3v) is 4.89. The van der Waals surface area contributed by atoms with Crippen LogP contribution in [0.3, 0.4) is 0 Å². The van der Waals surface area contributed by atoms with Crippen molar-refractivity contribution in [2.24, 2.45) is 0 Å². The minimum atomic E-state index is -1.30. The van der Waals surface area contributed by atoms with E-state index in [9.17, 15) is 9.18 Å². The van der Waals surface area contributed by atoms with E-state index in [4.69, 9.17) is 20.9 Å². The van der Waals surface area contributed by atoms with E-state index >= 15 is 0 Å². The zero-order valence-electron chi connectivity index (χ0n) is 15.0. The monoisotopic (exact) mass is 406 g/mol. The molecule has 4 heterocycles. The van der Waals surface area contributed by atoms with Gasteiger partial charge in [-0.05, 0) is 13.8 Å². The van der Waals surface area contributed by atoms with Crippen molar-refractivity contribution in [1.29, 1.82) is 0 Å². The molecule has 9 nitrogen and oxygen atoms in total. The Balaban J connectivity index is 1.54. The van der Waals surface area contributed by atoms with Crippen LogP contribution in [0.1, 0.15) is 11.5 Å². The van der Waals surface area contributed by atoms with Crippen LogP contribution < -0.4 is 15.2 Å². The van der Waals surface area contributed by atoms with E-state index in [0.717, 1.165) is 5.56 Å². The molecule has 146 valence electrons. The first-order valence-electron chi connectivity index (χ1n) is 8.48. The molecule has 1 fully saturated rings. The van der Waals surface area contributed by atoms with E-state index in [0.29, 0.717) is 22.8 Å². The number of aromatic nitrogens is 5. The lowest BCUT2D eigenvalue weighted by molar-refractivity contribution is 0.134. The number of halogens is 2. The first-order chi connectivity index (χ1) is 13.4. The summed E-state index contributed by atoms with van der Waals surface area (Å²) in [5, 5.41) is 9.82. The number of alkyl halides is 1. The smallest absolute Gasteiger partial charge is 0.285 e. The molecule has 28 heavy (non-hydrogen) atoms. The van der Waals surface area contributed by atoms with E-state index in [1.807, 2.05) is 0 Å². The topological polar surface area (TPSA) is 110 Å². The van der Waals surface area contributed by atoms with Crippen LogP contribution >= 0.6 is 11.6 Å². The minimum Gasteiger partial charge on any atom is -0.469 e. The molecule has 1 N–H and O–H groups in total. The van der Waals surface area contributed by atoms with Gasteiger partial charge in [0, 0.05) is 6.07 Å². The first-order valence-corrected chi connectivity index (χ1v) is 8.86. The Morgan fingerprint density at radius 1 is 1.36 bits per heavy atom. The van der Waals surface area contributed by atoms with Crippen molar-refractivity contribution in [3.05, 3.63) is 45.4 Å². The van der Waals surface area contributed by atoms with Gasteiger partial charge in [-0.3, -0.25) is 4.79 Å². The van der Waals surface area contributed by atoms with Gasteiger partial charge >= 0.3 is 0 Å². The second-order valence-electron chi connectivity index (χ2n) is 6.42. The number of hydrogen-bond donors (Lipinski definition) is 1. The Bertz CT molecular complexity index is 1050. The average molecular weight is 407 g/mol. The summed E-state index contributed by atoms with van der Waals surface area (Å²) in [5.41, 5.74) is 1.85. The summed E-state index contributed by atoms with van der Waals surface area (Å²) in [6.07, 6.45) is 0.642. The third kappa shape index (κ3) is 3.31. The molecule has 1 aliphatic heterocycles. The molecule has 0 radical (unpaired) electrons. The van der Waals surface area contributed by atoms with Crippen LogP contribution in [-0.4, -0.2) is 50.7 Å². The van der Waals surface area contributed by atoms with E-state index in [-0.39, 0.29) is 24.0 Å². The summed E-state index contributed by atoms with van der Waals surface area (Å²) < 4.78 is 25.5. The Morgan fingerprint density at radius 2 is 2.18 bits per heavy atom. The number of rotatable bonds is 4. The highest BCUT2D eigenvalue weighted by Crippen LogP contribution is 2.30. The molecule has 2 atom stereocenters. The lowest BCUT2D eigenvalue weighted by atomic mass is 10.1. The van der Waals surface area contributed by atoms with Gasteiger partial charge in [-0.2, -0.15) is 5.10 Å². The highest BCUT2D eigenvalue weighted by molar-refractivity contribution is 6.33. The van der Waals surface area contributed by atoms with Crippen LogP contribution in [0.4, 0.5) is 10.1 Å². The third-order valence-electron chi connectivity index (χ3n) is 4.52. The Kier molecular flexibility index (Phi) is 4.71. The van der Waals surface area contributed by atoms with Gasteiger partial charge in [-0.1, -0.05) is 16.8 Å². The van der Waals surface area contributed by atoms with Gasteiger partial charge in [0.25, 0.3) is 5.56 Å². The quantitative estimate of drug-likeness (QED) is 0.701. The fraction of sp³-hybridized carbons (Fsp3) is 0.353. The van der Waals surface area contributed by atoms with Crippen LogP contribution in [0, 0.1) is 13.8 Å². The molecule has 0 bridgehead atoms. The number of aryl methyl sites for hydroxylation is 2. The van der Waals surface area contributed by atoms with Crippen molar-refractivity contribution >= 4 is 17.3 Å². The molecule has 4 rings (SSSR count). The van der Waals surface area contributed by atoms with Crippen molar-refractivity contribution in [2.45, 2.75) is 26.1 Å². The second-order valence-corrected chi connectivity index (χ2v) is 6.79. The Labute approximate surface area is 163 Å². The fourth-order valence-electron chi connectivity index (χ4n) is 3.18. The molecule has 0 aromatic carbocycles. The van der Waals surface area contributed by atoms with Gasteiger partial charge < -0.3 is 14.2 Å². The molecule has 1 aliphatic rings. The van der Waals surface area contributed by atoms with Crippen molar-refractivity contribution in [3.63, 3.8) is 0 Å². The summed E-state index contributed by atoms with van der Waals surface area (Å²) in [5.74, 6) is 0.851. The largest absolute Gasteiger partial charge is 0.469 e. The van der Waals surface area contributed by atoms with Crippen LogP contribution in [0.5, 0.6) is 5.88 Å². The average Bonchev–Trinajstić information content (AvgIpc) is 3.19. The Hall–Kier alpha value is -3.01. The molecule has 1 saturated heterocycles. The van der Waals surface area contributed by atoms with Gasteiger partial charge in [0.1, 0.15) is 17.1 Å². The lowest BCUT2D eigenvalue weighted by Crippen LogP contribution is -2.28. The van der Waals surface area contributed by atoms with E-state index in [2.05, 4.69) is 25.3 Å². The standard InChI is InChI=1S/C17H16ClFN6O3/c1-8-15(9(2)28-24-8)11-3-14(21-7-20-11)27-13-6-25(5-10(13)19)12-4-22-23-17(26)16(12)18/h3-4,7,10,13H,5-6H2,1-2H3,(H,23,26)/t10-,13-/m0/s1. The van der Waals surface area contributed by atoms with Crippen LogP contribution in [-0.2, 0) is 0 Å². The molecule has 0 amide bonds. The number of aromatic amines is 1. The summed E-state index contributed by atoms with van der Waals surface area (Å²) in [4.78, 5) is 21.5. The van der Waals surface area contributed by atoms with Crippen molar-refractivity contribution < 1.29 is 13.7 Å². The molecular formula is C17H16ClFN6O3. The van der Waals surface area contributed by atoms with Gasteiger partial charge in [-0.15, -0.1) is 0 Å². The van der Waals surface area contributed by atoms with Crippen LogP contribution in [0.2, 0.25) is 5.02 Å². The zero-order valence-corrected chi connectivity index (χ0v) is 15.8. The maximum atomic E-state index is 14.6.